The second-order valence-electron chi connectivity index (χ2n) is 4.16. The fourth-order valence-electron chi connectivity index (χ4n) is 1.92. The molecular weight excluding hydrogens is 321 g/mol. The van der Waals surface area contributed by atoms with Crippen molar-refractivity contribution in [1.82, 2.24) is 14.5 Å². The van der Waals surface area contributed by atoms with Crippen molar-refractivity contribution in [1.29, 1.82) is 0 Å². The molecule has 7 heteroatoms. The Morgan fingerprint density at radius 1 is 1.37 bits per heavy atom. The number of aromatic amines is 1. The molecule has 19 heavy (non-hydrogen) atoms. The van der Waals surface area contributed by atoms with Gasteiger partial charge in [-0.3, -0.25) is 0 Å². The lowest BCUT2D eigenvalue weighted by atomic mass is 10.3. The molecule has 0 radical (unpaired) electrons. The summed E-state index contributed by atoms with van der Waals surface area (Å²) in [6.07, 6.45) is 1.86. The predicted octanol–water partition coefficient (Wildman–Crippen LogP) is 4.82. The number of thiazole rings is 1. The molecule has 0 atom stereocenters. The van der Waals surface area contributed by atoms with E-state index in [0.717, 1.165) is 16.0 Å². The van der Waals surface area contributed by atoms with Crippen molar-refractivity contribution in [2.75, 3.05) is 0 Å². The molecule has 0 fully saturated rings. The van der Waals surface area contributed by atoms with E-state index in [0.29, 0.717) is 21.4 Å². The number of H-pyrrole nitrogens is 1. The highest BCUT2D eigenvalue weighted by Crippen LogP contribution is 2.28. The van der Waals surface area contributed by atoms with E-state index in [2.05, 4.69) is 9.97 Å². The summed E-state index contributed by atoms with van der Waals surface area (Å²) in [5, 5.41) is 2.05. The monoisotopic (exact) mass is 329 g/mol. The summed E-state index contributed by atoms with van der Waals surface area (Å²) in [4.78, 5) is 8.67. The van der Waals surface area contributed by atoms with Crippen molar-refractivity contribution >= 4 is 57.8 Å². The maximum atomic E-state index is 6.07. The maximum absolute atomic E-state index is 6.07. The second kappa shape index (κ2) is 4.90. The number of benzene rings is 1. The van der Waals surface area contributed by atoms with Crippen molar-refractivity contribution < 1.29 is 0 Å². The molecule has 0 bridgehead atoms. The van der Waals surface area contributed by atoms with E-state index >= 15 is 0 Å². The van der Waals surface area contributed by atoms with Gasteiger partial charge >= 0.3 is 0 Å². The Bertz CT molecular complexity index is 816. The topological polar surface area (TPSA) is 33.6 Å². The normalized spacial score (nSPS) is 11.3. The van der Waals surface area contributed by atoms with E-state index in [9.17, 15) is 0 Å². The number of aromatic nitrogens is 3. The van der Waals surface area contributed by atoms with Gasteiger partial charge < -0.3 is 9.55 Å². The van der Waals surface area contributed by atoms with Gasteiger partial charge in [-0.2, -0.15) is 0 Å². The first-order valence-electron chi connectivity index (χ1n) is 5.53. The molecule has 0 aliphatic carbocycles. The van der Waals surface area contributed by atoms with Gasteiger partial charge in [-0.05, 0) is 31.3 Å². The Morgan fingerprint density at radius 3 is 2.79 bits per heavy atom. The third-order valence-electron chi connectivity index (χ3n) is 2.78. The van der Waals surface area contributed by atoms with E-state index in [-0.39, 0.29) is 0 Å². The number of imidazole rings is 1. The first-order valence-corrected chi connectivity index (χ1v) is 7.51. The SMILES string of the molecule is Cc1cnc(Cn2c(=S)[nH]c3cc(Cl)c(Cl)cc32)s1. The van der Waals surface area contributed by atoms with Gasteiger partial charge in [-0.25, -0.2) is 4.98 Å². The zero-order valence-electron chi connectivity index (χ0n) is 9.91. The van der Waals surface area contributed by atoms with Gasteiger partial charge in [0.1, 0.15) is 5.01 Å². The standard InChI is InChI=1S/C12H9Cl2N3S2/c1-6-4-15-11(19-6)5-17-10-3-8(14)7(13)2-9(10)16-12(17)18/h2-4H,5H2,1H3,(H,16,18). The predicted molar refractivity (Wildman–Crippen MR) is 83.1 cm³/mol. The van der Waals surface area contributed by atoms with E-state index in [4.69, 9.17) is 35.4 Å². The molecule has 1 aromatic carbocycles. The van der Waals surface area contributed by atoms with Crippen LogP contribution < -0.4 is 0 Å². The Labute approximate surface area is 128 Å². The summed E-state index contributed by atoms with van der Waals surface area (Å²) in [6, 6.07) is 3.62. The van der Waals surface area contributed by atoms with Crippen molar-refractivity contribution in [2.24, 2.45) is 0 Å². The van der Waals surface area contributed by atoms with Gasteiger partial charge in [0.05, 0.1) is 27.6 Å². The highest BCUT2D eigenvalue weighted by atomic mass is 35.5. The van der Waals surface area contributed by atoms with Crippen molar-refractivity contribution in [3.05, 3.63) is 43.0 Å². The Hall–Kier alpha value is -0.880. The average molecular weight is 330 g/mol. The van der Waals surface area contributed by atoms with Gasteiger partial charge in [0.15, 0.2) is 4.77 Å². The number of hydrogen-bond acceptors (Lipinski definition) is 3. The second-order valence-corrected chi connectivity index (χ2v) is 6.68. The molecular formula is C12H9Cl2N3S2. The third kappa shape index (κ3) is 2.43. The lowest BCUT2D eigenvalue weighted by Crippen LogP contribution is -1.98. The van der Waals surface area contributed by atoms with Crippen LogP contribution in [-0.2, 0) is 6.54 Å². The molecule has 0 saturated heterocycles. The highest BCUT2D eigenvalue weighted by molar-refractivity contribution is 7.71. The average Bonchev–Trinajstić information content (AvgIpc) is 2.87. The molecule has 3 nitrogen and oxygen atoms in total. The van der Waals surface area contributed by atoms with Gasteiger partial charge in [-0.15, -0.1) is 11.3 Å². The number of fused-ring (bicyclic) bond motifs is 1. The van der Waals surface area contributed by atoms with E-state index in [1.165, 1.54) is 4.88 Å². The quantitative estimate of drug-likeness (QED) is 0.684. The number of aryl methyl sites for hydroxylation is 1. The third-order valence-corrected chi connectivity index (χ3v) is 4.72. The van der Waals surface area contributed by atoms with Gasteiger partial charge in [0.25, 0.3) is 0 Å². The van der Waals surface area contributed by atoms with Crippen molar-refractivity contribution in [2.45, 2.75) is 13.5 Å². The van der Waals surface area contributed by atoms with Crippen LogP contribution >= 0.6 is 46.8 Å². The van der Waals surface area contributed by atoms with E-state index < -0.39 is 0 Å². The van der Waals surface area contributed by atoms with Crippen LogP contribution in [0.4, 0.5) is 0 Å². The molecule has 3 aromatic rings. The first-order chi connectivity index (χ1) is 9.04. The molecule has 0 aliphatic rings. The van der Waals surface area contributed by atoms with Gasteiger partial charge in [0.2, 0.25) is 0 Å². The summed E-state index contributed by atoms with van der Waals surface area (Å²) in [5.41, 5.74) is 1.82. The van der Waals surface area contributed by atoms with Crippen LogP contribution in [0, 0.1) is 11.7 Å². The molecule has 0 saturated carbocycles. The van der Waals surface area contributed by atoms with Crippen molar-refractivity contribution in [3.8, 4) is 0 Å². The van der Waals surface area contributed by atoms with Crippen LogP contribution in [0.2, 0.25) is 10.0 Å². The molecule has 3 rings (SSSR count). The summed E-state index contributed by atoms with van der Waals surface area (Å²) in [7, 11) is 0. The summed E-state index contributed by atoms with van der Waals surface area (Å²) < 4.78 is 2.62. The Kier molecular flexibility index (Phi) is 3.39. The molecule has 0 spiro atoms. The van der Waals surface area contributed by atoms with Crippen LogP contribution in [-0.4, -0.2) is 14.5 Å². The summed E-state index contributed by atoms with van der Waals surface area (Å²) in [5.74, 6) is 0. The van der Waals surface area contributed by atoms with Crippen molar-refractivity contribution in [3.63, 3.8) is 0 Å². The fraction of sp³-hybridized carbons (Fsp3) is 0.167. The molecule has 0 aliphatic heterocycles. The maximum Gasteiger partial charge on any atom is 0.178 e. The number of hydrogen-bond donors (Lipinski definition) is 1. The molecule has 2 heterocycles. The first kappa shape index (κ1) is 13.1. The minimum Gasteiger partial charge on any atom is -0.331 e. The summed E-state index contributed by atoms with van der Waals surface area (Å²) >= 11 is 19.1. The van der Waals surface area contributed by atoms with E-state index in [1.807, 2.05) is 23.8 Å². The van der Waals surface area contributed by atoms with Crippen LogP contribution in [0.15, 0.2) is 18.3 Å². The lowest BCUT2D eigenvalue weighted by Gasteiger charge is -2.02. The molecule has 2 aromatic heterocycles. The molecule has 0 unspecified atom stereocenters. The van der Waals surface area contributed by atoms with Gasteiger partial charge in [-0.1, -0.05) is 23.2 Å². The van der Waals surface area contributed by atoms with E-state index in [1.54, 1.807) is 17.4 Å². The molecule has 1 N–H and O–H groups in total. The number of nitrogens with one attached hydrogen (secondary N) is 1. The zero-order chi connectivity index (χ0) is 13.6. The highest BCUT2D eigenvalue weighted by Gasteiger charge is 2.10. The number of rotatable bonds is 2. The minimum atomic E-state index is 0.516. The fourth-order valence-corrected chi connectivity index (χ4v) is 3.29. The number of nitrogens with zero attached hydrogens (tertiary/aromatic N) is 2. The molecule has 0 amide bonds. The van der Waals surface area contributed by atoms with Crippen LogP contribution in [0.5, 0.6) is 0 Å². The minimum absolute atomic E-state index is 0.516. The van der Waals surface area contributed by atoms with Crippen LogP contribution in [0.1, 0.15) is 9.88 Å². The van der Waals surface area contributed by atoms with Crippen LogP contribution in [0.25, 0.3) is 11.0 Å². The Morgan fingerprint density at radius 2 is 2.11 bits per heavy atom. The Balaban J connectivity index is 2.15. The number of halogens is 2. The molecule has 98 valence electrons. The van der Waals surface area contributed by atoms with Crippen LogP contribution in [0.3, 0.4) is 0 Å². The van der Waals surface area contributed by atoms with Gasteiger partial charge in [0, 0.05) is 11.1 Å². The zero-order valence-corrected chi connectivity index (χ0v) is 13.1. The summed E-state index contributed by atoms with van der Waals surface area (Å²) in [6.45, 7) is 2.67. The lowest BCUT2D eigenvalue weighted by molar-refractivity contribution is 0.803. The largest absolute Gasteiger partial charge is 0.331 e. The smallest absolute Gasteiger partial charge is 0.178 e.